The van der Waals surface area contributed by atoms with E-state index in [0.717, 1.165) is 24.7 Å². The molecule has 1 saturated heterocycles. The number of aryl methyl sites for hydroxylation is 1. The standard InChI is InChI=1S/C11H15ClN2/c1-8-4-9(6-10(12)5-8)11-7-13-2-3-14-11/h4-6,11,13-14H,2-3,7H2,1H3. The molecule has 1 aliphatic heterocycles. The molecule has 0 spiro atoms. The van der Waals surface area contributed by atoms with Gasteiger partial charge in [-0.05, 0) is 30.2 Å². The van der Waals surface area contributed by atoms with E-state index in [1.807, 2.05) is 12.1 Å². The van der Waals surface area contributed by atoms with Crippen molar-refractivity contribution in [2.45, 2.75) is 13.0 Å². The largest absolute Gasteiger partial charge is 0.314 e. The summed E-state index contributed by atoms with van der Waals surface area (Å²) in [7, 11) is 0. The quantitative estimate of drug-likeness (QED) is 0.740. The lowest BCUT2D eigenvalue weighted by Crippen LogP contribution is -2.42. The molecular weight excluding hydrogens is 196 g/mol. The minimum absolute atomic E-state index is 0.404. The predicted molar refractivity (Wildman–Crippen MR) is 59.8 cm³/mol. The van der Waals surface area contributed by atoms with Crippen LogP contribution >= 0.6 is 11.6 Å². The fourth-order valence-corrected chi connectivity index (χ4v) is 2.15. The van der Waals surface area contributed by atoms with Gasteiger partial charge in [0.25, 0.3) is 0 Å². The zero-order valence-electron chi connectivity index (χ0n) is 8.31. The molecule has 2 N–H and O–H groups in total. The average molecular weight is 211 g/mol. The highest BCUT2D eigenvalue weighted by molar-refractivity contribution is 6.30. The third kappa shape index (κ3) is 2.27. The highest BCUT2D eigenvalue weighted by Gasteiger charge is 2.14. The van der Waals surface area contributed by atoms with Crippen LogP contribution in [0.1, 0.15) is 17.2 Å². The van der Waals surface area contributed by atoms with Crippen molar-refractivity contribution in [3.05, 3.63) is 34.3 Å². The lowest BCUT2D eigenvalue weighted by Gasteiger charge is -2.25. The smallest absolute Gasteiger partial charge is 0.0447 e. The molecule has 0 aliphatic carbocycles. The monoisotopic (exact) mass is 210 g/mol. The molecule has 76 valence electrons. The van der Waals surface area contributed by atoms with Gasteiger partial charge in [-0.3, -0.25) is 0 Å². The van der Waals surface area contributed by atoms with E-state index in [0.29, 0.717) is 6.04 Å². The van der Waals surface area contributed by atoms with Crippen molar-refractivity contribution in [1.82, 2.24) is 10.6 Å². The van der Waals surface area contributed by atoms with Gasteiger partial charge in [-0.15, -0.1) is 0 Å². The first-order valence-corrected chi connectivity index (χ1v) is 5.35. The molecule has 1 fully saturated rings. The van der Waals surface area contributed by atoms with E-state index in [1.54, 1.807) is 0 Å². The Labute approximate surface area is 89.7 Å². The van der Waals surface area contributed by atoms with Crippen LogP contribution in [0.25, 0.3) is 0 Å². The van der Waals surface area contributed by atoms with Crippen molar-refractivity contribution >= 4 is 11.6 Å². The van der Waals surface area contributed by atoms with Gasteiger partial charge in [0.05, 0.1) is 0 Å². The number of hydrogen-bond acceptors (Lipinski definition) is 2. The Balaban J connectivity index is 2.21. The van der Waals surface area contributed by atoms with E-state index >= 15 is 0 Å². The molecule has 0 saturated carbocycles. The molecule has 0 aromatic heterocycles. The fourth-order valence-electron chi connectivity index (χ4n) is 1.85. The second-order valence-electron chi connectivity index (χ2n) is 3.77. The molecule has 3 heteroatoms. The number of hydrogen-bond donors (Lipinski definition) is 2. The van der Waals surface area contributed by atoms with Gasteiger partial charge in [0.15, 0.2) is 0 Å². The Morgan fingerprint density at radius 1 is 1.29 bits per heavy atom. The number of halogens is 1. The van der Waals surface area contributed by atoms with E-state index in [-0.39, 0.29) is 0 Å². The van der Waals surface area contributed by atoms with Crippen molar-refractivity contribution in [2.24, 2.45) is 0 Å². The second-order valence-corrected chi connectivity index (χ2v) is 4.21. The maximum absolute atomic E-state index is 6.02. The SMILES string of the molecule is Cc1cc(Cl)cc(C2CNCCN2)c1. The number of nitrogens with one attached hydrogen (secondary N) is 2. The molecule has 1 aromatic rings. The summed E-state index contributed by atoms with van der Waals surface area (Å²) in [6, 6.07) is 6.62. The van der Waals surface area contributed by atoms with Crippen molar-refractivity contribution < 1.29 is 0 Å². The van der Waals surface area contributed by atoms with Gasteiger partial charge >= 0.3 is 0 Å². The third-order valence-electron chi connectivity index (χ3n) is 2.51. The summed E-state index contributed by atoms with van der Waals surface area (Å²) in [4.78, 5) is 0. The minimum Gasteiger partial charge on any atom is -0.314 e. The van der Waals surface area contributed by atoms with Crippen LogP contribution in [0.4, 0.5) is 0 Å². The molecule has 1 atom stereocenters. The zero-order valence-corrected chi connectivity index (χ0v) is 9.06. The molecule has 2 nitrogen and oxygen atoms in total. The summed E-state index contributed by atoms with van der Waals surface area (Å²) in [5.74, 6) is 0. The van der Waals surface area contributed by atoms with Crippen molar-refractivity contribution in [3.63, 3.8) is 0 Å². The van der Waals surface area contributed by atoms with Crippen molar-refractivity contribution in [1.29, 1.82) is 0 Å². The third-order valence-corrected chi connectivity index (χ3v) is 2.73. The van der Waals surface area contributed by atoms with E-state index in [9.17, 15) is 0 Å². The summed E-state index contributed by atoms with van der Waals surface area (Å²) < 4.78 is 0. The molecule has 14 heavy (non-hydrogen) atoms. The van der Waals surface area contributed by atoms with Crippen LogP contribution in [0.15, 0.2) is 18.2 Å². The van der Waals surface area contributed by atoms with E-state index < -0.39 is 0 Å². The Morgan fingerprint density at radius 3 is 2.79 bits per heavy atom. The lowest BCUT2D eigenvalue weighted by molar-refractivity contribution is 0.430. The molecule has 2 rings (SSSR count). The first-order valence-electron chi connectivity index (χ1n) is 4.97. The van der Waals surface area contributed by atoms with Crippen LogP contribution in [0.5, 0.6) is 0 Å². The van der Waals surface area contributed by atoms with E-state index in [4.69, 9.17) is 11.6 Å². The lowest BCUT2D eigenvalue weighted by atomic mass is 10.0. The van der Waals surface area contributed by atoms with Gasteiger partial charge < -0.3 is 10.6 Å². The van der Waals surface area contributed by atoms with Gasteiger partial charge in [0, 0.05) is 30.7 Å². The normalized spacial score (nSPS) is 22.3. The summed E-state index contributed by atoms with van der Waals surface area (Å²) >= 11 is 6.02. The van der Waals surface area contributed by atoms with Gasteiger partial charge in [0.2, 0.25) is 0 Å². The maximum Gasteiger partial charge on any atom is 0.0447 e. The molecule has 1 aromatic carbocycles. The Morgan fingerprint density at radius 2 is 2.14 bits per heavy atom. The molecule has 0 bridgehead atoms. The first kappa shape index (κ1) is 9.97. The molecule has 1 aliphatic rings. The van der Waals surface area contributed by atoms with Crippen LogP contribution in [0.3, 0.4) is 0 Å². The number of benzene rings is 1. The molecule has 1 heterocycles. The highest BCUT2D eigenvalue weighted by Crippen LogP contribution is 2.20. The highest BCUT2D eigenvalue weighted by atomic mass is 35.5. The number of piperazine rings is 1. The van der Waals surface area contributed by atoms with Gasteiger partial charge in [-0.1, -0.05) is 17.7 Å². The number of rotatable bonds is 1. The van der Waals surface area contributed by atoms with Gasteiger partial charge in [-0.2, -0.15) is 0 Å². The molecule has 0 amide bonds. The summed E-state index contributed by atoms with van der Waals surface area (Å²) in [5.41, 5.74) is 2.50. The summed E-state index contributed by atoms with van der Waals surface area (Å²) in [6.07, 6.45) is 0. The zero-order chi connectivity index (χ0) is 9.97. The van der Waals surface area contributed by atoms with E-state index in [1.165, 1.54) is 11.1 Å². The maximum atomic E-state index is 6.02. The van der Waals surface area contributed by atoms with E-state index in [2.05, 4.69) is 23.6 Å². The second kappa shape index (κ2) is 4.30. The minimum atomic E-state index is 0.404. The molecule has 0 radical (unpaired) electrons. The van der Waals surface area contributed by atoms with Gasteiger partial charge in [-0.25, -0.2) is 0 Å². The molecular formula is C11H15ClN2. The molecule has 1 unspecified atom stereocenters. The van der Waals surface area contributed by atoms with Crippen LogP contribution in [0, 0.1) is 6.92 Å². The van der Waals surface area contributed by atoms with Crippen LogP contribution in [-0.2, 0) is 0 Å². The van der Waals surface area contributed by atoms with Crippen molar-refractivity contribution in [3.8, 4) is 0 Å². The summed E-state index contributed by atoms with van der Waals surface area (Å²) in [6.45, 7) is 5.14. The van der Waals surface area contributed by atoms with Crippen LogP contribution < -0.4 is 10.6 Å². The topological polar surface area (TPSA) is 24.1 Å². The summed E-state index contributed by atoms with van der Waals surface area (Å²) in [5, 5.41) is 7.66. The van der Waals surface area contributed by atoms with Crippen LogP contribution in [0.2, 0.25) is 5.02 Å². The van der Waals surface area contributed by atoms with Gasteiger partial charge in [0.1, 0.15) is 0 Å². The predicted octanol–water partition coefficient (Wildman–Crippen LogP) is 1.88. The fraction of sp³-hybridized carbons (Fsp3) is 0.455. The Kier molecular flexibility index (Phi) is 3.06. The Bertz CT molecular complexity index is 299. The Hall–Kier alpha value is -0.570. The first-order chi connectivity index (χ1) is 6.75. The average Bonchev–Trinajstić information content (AvgIpc) is 2.18. The van der Waals surface area contributed by atoms with Crippen LogP contribution in [-0.4, -0.2) is 19.6 Å². The van der Waals surface area contributed by atoms with Crippen molar-refractivity contribution in [2.75, 3.05) is 19.6 Å².